The van der Waals surface area contributed by atoms with Crippen molar-refractivity contribution in [1.29, 1.82) is 0 Å². The summed E-state index contributed by atoms with van der Waals surface area (Å²) in [5, 5.41) is 6.26. The Morgan fingerprint density at radius 3 is 2.55 bits per heavy atom. The molecule has 114 valence electrons. The highest BCUT2D eigenvalue weighted by Crippen LogP contribution is 2.29. The molecule has 0 saturated carbocycles. The van der Waals surface area contributed by atoms with E-state index in [0.29, 0.717) is 12.3 Å². The first-order valence-electron chi connectivity index (χ1n) is 7.35. The maximum atomic E-state index is 11.5. The lowest BCUT2D eigenvalue weighted by Crippen LogP contribution is -2.30. The zero-order valence-electron chi connectivity index (χ0n) is 13.4. The molecular weight excluding hydrogens is 268 g/mol. The average Bonchev–Trinajstić information content (AvgIpc) is 2.80. The van der Waals surface area contributed by atoms with E-state index in [9.17, 15) is 4.79 Å². The van der Waals surface area contributed by atoms with Crippen LogP contribution in [0.5, 0.6) is 0 Å². The second kappa shape index (κ2) is 7.79. The summed E-state index contributed by atoms with van der Waals surface area (Å²) in [4.78, 5) is 14.3. The Kier molecular flexibility index (Phi) is 6.69. The summed E-state index contributed by atoms with van der Waals surface area (Å²) in [5.74, 6) is 0.640. The summed E-state index contributed by atoms with van der Waals surface area (Å²) in [6.45, 7) is 13.2. The van der Waals surface area contributed by atoms with E-state index in [1.54, 1.807) is 0 Å². The van der Waals surface area contributed by atoms with Gasteiger partial charge in [-0.1, -0.05) is 34.6 Å². The quantitative estimate of drug-likeness (QED) is 0.758. The first kappa shape index (κ1) is 17.2. The maximum absolute atomic E-state index is 11.5. The van der Waals surface area contributed by atoms with Crippen molar-refractivity contribution in [3.8, 4) is 0 Å². The van der Waals surface area contributed by atoms with Gasteiger partial charge >= 0.3 is 0 Å². The van der Waals surface area contributed by atoms with Gasteiger partial charge in [0, 0.05) is 35.8 Å². The first-order valence-corrected chi connectivity index (χ1v) is 8.17. The number of rotatable bonds is 7. The zero-order valence-corrected chi connectivity index (χ0v) is 14.2. The molecule has 1 aromatic rings. The van der Waals surface area contributed by atoms with Crippen LogP contribution in [-0.4, -0.2) is 19.0 Å². The minimum Gasteiger partial charge on any atom is -0.356 e. The van der Waals surface area contributed by atoms with Crippen LogP contribution < -0.4 is 10.6 Å². The largest absolute Gasteiger partial charge is 0.356 e. The Morgan fingerprint density at radius 2 is 2.00 bits per heavy atom. The smallest absolute Gasteiger partial charge is 0.221 e. The van der Waals surface area contributed by atoms with Crippen molar-refractivity contribution in [3.63, 3.8) is 0 Å². The van der Waals surface area contributed by atoms with E-state index in [2.05, 4.69) is 57.4 Å². The molecule has 0 unspecified atom stereocenters. The second-order valence-electron chi connectivity index (χ2n) is 6.64. The van der Waals surface area contributed by atoms with Gasteiger partial charge in [0.1, 0.15) is 0 Å². The SMILES string of the molecule is CC(C)CNC(=O)CCNCc1ccc(C(C)(C)C)s1. The number of amides is 1. The van der Waals surface area contributed by atoms with E-state index in [-0.39, 0.29) is 11.3 Å². The molecule has 1 rings (SSSR count). The molecule has 0 bridgehead atoms. The van der Waals surface area contributed by atoms with Gasteiger partial charge in [-0.25, -0.2) is 0 Å². The van der Waals surface area contributed by atoms with Gasteiger partial charge in [-0.15, -0.1) is 11.3 Å². The van der Waals surface area contributed by atoms with Gasteiger partial charge < -0.3 is 10.6 Å². The molecule has 4 heteroatoms. The van der Waals surface area contributed by atoms with Crippen LogP contribution in [0.3, 0.4) is 0 Å². The summed E-state index contributed by atoms with van der Waals surface area (Å²) in [7, 11) is 0. The van der Waals surface area contributed by atoms with Crippen molar-refractivity contribution >= 4 is 17.2 Å². The van der Waals surface area contributed by atoms with Gasteiger partial charge in [-0.3, -0.25) is 4.79 Å². The molecule has 20 heavy (non-hydrogen) atoms. The number of hydrogen-bond donors (Lipinski definition) is 2. The Labute approximate surface area is 127 Å². The van der Waals surface area contributed by atoms with Gasteiger partial charge in [-0.05, 0) is 23.5 Å². The fourth-order valence-corrected chi connectivity index (χ4v) is 2.73. The van der Waals surface area contributed by atoms with Crippen molar-refractivity contribution in [1.82, 2.24) is 10.6 Å². The molecular formula is C16H28N2OS. The van der Waals surface area contributed by atoms with Gasteiger partial charge in [-0.2, -0.15) is 0 Å². The molecule has 2 N–H and O–H groups in total. The third-order valence-electron chi connectivity index (χ3n) is 2.94. The highest BCUT2D eigenvalue weighted by molar-refractivity contribution is 7.12. The van der Waals surface area contributed by atoms with Crippen molar-refractivity contribution in [2.45, 2.75) is 53.0 Å². The van der Waals surface area contributed by atoms with E-state index in [0.717, 1.165) is 19.6 Å². The highest BCUT2D eigenvalue weighted by atomic mass is 32.1. The van der Waals surface area contributed by atoms with Crippen LogP contribution in [0.2, 0.25) is 0 Å². The predicted molar refractivity (Wildman–Crippen MR) is 87.2 cm³/mol. The standard InChI is InChI=1S/C16H28N2OS/c1-12(2)10-18-15(19)8-9-17-11-13-6-7-14(20-13)16(3,4)5/h6-7,12,17H,8-11H2,1-5H3,(H,18,19). The van der Waals surface area contributed by atoms with Crippen LogP contribution in [0.4, 0.5) is 0 Å². The molecule has 0 fully saturated rings. The third-order valence-corrected chi connectivity index (χ3v) is 4.45. The van der Waals surface area contributed by atoms with Gasteiger partial charge in [0.15, 0.2) is 0 Å². The van der Waals surface area contributed by atoms with Crippen molar-refractivity contribution in [2.24, 2.45) is 5.92 Å². The van der Waals surface area contributed by atoms with Crippen LogP contribution >= 0.6 is 11.3 Å². The molecule has 0 spiro atoms. The van der Waals surface area contributed by atoms with E-state index in [4.69, 9.17) is 0 Å². The first-order chi connectivity index (χ1) is 9.29. The summed E-state index contributed by atoms with van der Waals surface area (Å²) >= 11 is 1.85. The monoisotopic (exact) mass is 296 g/mol. The normalized spacial score (nSPS) is 11.9. The fourth-order valence-electron chi connectivity index (χ4n) is 1.70. The summed E-state index contributed by atoms with van der Waals surface area (Å²) < 4.78 is 0. The molecule has 0 aromatic carbocycles. The van der Waals surface area contributed by atoms with Crippen LogP contribution in [0.15, 0.2) is 12.1 Å². The number of hydrogen-bond acceptors (Lipinski definition) is 3. The molecule has 0 aliphatic carbocycles. The molecule has 0 aliphatic heterocycles. The molecule has 0 radical (unpaired) electrons. The number of nitrogens with one attached hydrogen (secondary N) is 2. The zero-order chi connectivity index (χ0) is 15.2. The third kappa shape index (κ3) is 6.53. The topological polar surface area (TPSA) is 41.1 Å². The predicted octanol–water partition coefficient (Wildman–Crippen LogP) is 3.30. The molecule has 3 nitrogen and oxygen atoms in total. The van der Waals surface area contributed by atoms with Crippen molar-refractivity contribution in [3.05, 3.63) is 21.9 Å². The Bertz CT molecular complexity index is 418. The van der Waals surface area contributed by atoms with Crippen molar-refractivity contribution < 1.29 is 4.79 Å². The fraction of sp³-hybridized carbons (Fsp3) is 0.688. The lowest BCUT2D eigenvalue weighted by molar-refractivity contribution is -0.121. The number of carbonyl (C=O) groups is 1. The Balaban J connectivity index is 2.21. The lowest BCUT2D eigenvalue weighted by atomic mass is 9.95. The van der Waals surface area contributed by atoms with E-state index >= 15 is 0 Å². The van der Waals surface area contributed by atoms with Crippen LogP contribution in [-0.2, 0) is 16.8 Å². The van der Waals surface area contributed by atoms with Gasteiger partial charge in [0.2, 0.25) is 5.91 Å². The second-order valence-corrected chi connectivity index (χ2v) is 7.81. The molecule has 0 atom stereocenters. The lowest BCUT2D eigenvalue weighted by Gasteiger charge is -2.15. The maximum Gasteiger partial charge on any atom is 0.221 e. The van der Waals surface area contributed by atoms with Crippen LogP contribution in [0, 0.1) is 5.92 Å². The number of carbonyl (C=O) groups excluding carboxylic acids is 1. The molecule has 1 aromatic heterocycles. The molecule has 1 amide bonds. The average molecular weight is 296 g/mol. The van der Waals surface area contributed by atoms with Crippen molar-refractivity contribution in [2.75, 3.05) is 13.1 Å². The minimum absolute atomic E-state index is 0.132. The summed E-state index contributed by atoms with van der Waals surface area (Å²) in [6, 6.07) is 4.38. The minimum atomic E-state index is 0.132. The van der Waals surface area contributed by atoms with E-state index in [1.807, 2.05) is 11.3 Å². The van der Waals surface area contributed by atoms with Crippen LogP contribution in [0.1, 0.15) is 50.8 Å². The summed E-state index contributed by atoms with van der Waals surface area (Å²) in [5.41, 5.74) is 0.222. The number of thiophene rings is 1. The Hall–Kier alpha value is -0.870. The van der Waals surface area contributed by atoms with E-state index < -0.39 is 0 Å². The van der Waals surface area contributed by atoms with Gasteiger partial charge in [0.05, 0.1) is 0 Å². The molecule has 0 aliphatic rings. The van der Waals surface area contributed by atoms with Crippen LogP contribution in [0.25, 0.3) is 0 Å². The summed E-state index contributed by atoms with van der Waals surface area (Å²) in [6.07, 6.45) is 0.546. The molecule has 1 heterocycles. The Morgan fingerprint density at radius 1 is 1.30 bits per heavy atom. The van der Waals surface area contributed by atoms with E-state index in [1.165, 1.54) is 9.75 Å². The molecule has 0 saturated heterocycles. The highest BCUT2D eigenvalue weighted by Gasteiger charge is 2.15. The van der Waals surface area contributed by atoms with Gasteiger partial charge in [0.25, 0.3) is 0 Å².